The number of nitrogens with two attached hydrogens (primary N) is 1. The normalized spacial score (nSPS) is 11.5. The number of benzene rings is 1. The van der Waals surface area contributed by atoms with Gasteiger partial charge in [0, 0.05) is 11.3 Å². The Morgan fingerprint density at radius 3 is 2.67 bits per heavy atom. The third kappa shape index (κ3) is 5.64. The minimum atomic E-state index is -4.29. The molecule has 0 unspecified atom stereocenters. The molecule has 0 radical (unpaired) electrons. The van der Waals surface area contributed by atoms with E-state index in [0.717, 1.165) is 0 Å². The van der Waals surface area contributed by atoms with Crippen LogP contribution in [0.4, 0.5) is 23.2 Å². The van der Waals surface area contributed by atoms with Gasteiger partial charge in [-0.3, -0.25) is 4.79 Å². The predicted molar refractivity (Wildman–Crippen MR) is 72.7 cm³/mol. The minimum Gasteiger partial charge on any atom is -0.389 e. The van der Waals surface area contributed by atoms with Crippen molar-refractivity contribution in [3.05, 3.63) is 29.8 Å². The largest absolute Gasteiger partial charge is 0.389 e. The average Bonchev–Trinajstić information content (AvgIpc) is 2.38. The van der Waals surface area contributed by atoms with Gasteiger partial charge in [0.2, 0.25) is 5.91 Å². The number of thiocarbonyl (C=S) groups is 1. The molecule has 0 bridgehead atoms. The standard InChI is InChI=1S/C12H12F4N2O2S/c13-11(14)12(15,16)6-20-5-9(19)18-8-3-1-2-7(4-8)10(17)21/h1-4,11H,5-6H2,(H2,17,21)(H,18,19). The molecule has 0 heterocycles. The van der Waals surface area contributed by atoms with E-state index in [-0.39, 0.29) is 4.99 Å². The van der Waals surface area contributed by atoms with Crippen molar-refractivity contribution in [2.75, 3.05) is 18.5 Å². The molecule has 1 aromatic carbocycles. The molecule has 0 aromatic heterocycles. The number of carbonyl (C=O) groups excluding carboxylic acids is 1. The predicted octanol–water partition coefficient (Wildman–Crippen LogP) is 2.18. The van der Waals surface area contributed by atoms with Gasteiger partial charge in [0.1, 0.15) is 18.2 Å². The summed E-state index contributed by atoms with van der Waals surface area (Å²) in [6.07, 6.45) is -3.84. The van der Waals surface area contributed by atoms with Crippen molar-refractivity contribution in [1.82, 2.24) is 0 Å². The number of anilines is 1. The topological polar surface area (TPSA) is 64.3 Å². The second-order valence-corrected chi connectivity index (χ2v) is 4.49. The highest BCUT2D eigenvalue weighted by molar-refractivity contribution is 7.80. The van der Waals surface area contributed by atoms with Gasteiger partial charge in [-0.05, 0) is 12.1 Å². The van der Waals surface area contributed by atoms with Crippen LogP contribution in [0.5, 0.6) is 0 Å². The summed E-state index contributed by atoms with van der Waals surface area (Å²) in [4.78, 5) is 11.5. The lowest BCUT2D eigenvalue weighted by Crippen LogP contribution is -2.34. The lowest BCUT2D eigenvalue weighted by molar-refractivity contribution is -0.167. The first-order valence-corrected chi connectivity index (χ1v) is 6.06. The Balaban J connectivity index is 2.48. The number of amides is 1. The summed E-state index contributed by atoms with van der Waals surface area (Å²) in [7, 11) is 0. The van der Waals surface area contributed by atoms with Crippen LogP contribution in [0.1, 0.15) is 5.56 Å². The van der Waals surface area contributed by atoms with Crippen LogP contribution in [0, 0.1) is 0 Å². The van der Waals surface area contributed by atoms with Crippen molar-refractivity contribution in [2.24, 2.45) is 5.73 Å². The molecule has 0 aliphatic rings. The van der Waals surface area contributed by atoms with E-state index in [1.54, 1.807) is 12.1 Å². The highest BCUT2D eigenvalue weighted by Crippen LogP contribution is 2.22. The zero-order valence-electron chi connectivity index (χ0n) is 10.6. The molecule has 3 N–H and O–H groups in total. The molecule has 0 aliphatic heterocycles. The SMILES string of the molecule is NC(=S)c1cccc(NC(=O)COCC(F)(F)C(F)F)c1. The first-order valence-electron chi connectivity index (χ1n) is 5.66. The van der Waals surface area contributed by atoms with Gasteiger partial charge in [0.15, 0.2) is 0 Å². The first-order chi connectivity index (χ1) is 9.72. The summed E-state index contributed by atoms with van der Waals surface area (Å²) in [5.41, 5.74) is 6.25. The maximum Gasteiger partial charge on any atom is 0.330 e. The van der Waals surface area contributed by atoms with Gasteiger partial charge in [-0.1, -0.05) is 24.4 Å². The molecule has 0 aliphatic carbocycles. The Labute approximate surface area is 123 Å². The highest BCUT2D eigenvalue weighted by Gasteiger charge is 2.41. The van der Waals surface area contributed by atoms with Crippen LogP contribution in [0.3, 0.4) is 0 Å². The van der Waals surface area contributed by atoms with Crippen LogP contribution < -0.4 is 11.1 Å². The van der Waals surface area contributed by atoms with E-state index in [2.05, 4.69) is 10.1 Å². The van der Waals surface area contributed by atoms with Gasteiger partial charge in [0.05, 0.1) is 0 Å². The van der Waals surface area contributed by atoms with E-state index in [0.29, 0.717) is 11.3 Å². The molecule has 1 aromatic rings. The van der Waals surface area contributed by atoms with E-state index < -0.39 is 31.5 Å². The van der Waals surface area contributed by atoms with Crippen molar-refractivity contribution in [2.45, 2.75) is 12.3 Å². The van der Waals surface area contributed by atoms with Crippen LogP contribution in [0.25, 0.3) is 0 Å². The van der Waals surface area contributed by atoms with Gasteiger partial charge in [-0.2, -0.15) is 8.78 Å². The Morgan fingerprint density at radius 2 is 2.10 bits per heavy atom. The van der Waals surface area contributed by atoms with E-state index in [1.165, 1.54) is 12.1 Å². The van der Waals surface area contributed by atoms with Crippen LogP contribution in [-0.2, 0) is 9.53 Å². The summed E-state index contributed by atoms with van der Waals surface area (Å²) in [6, 6.07) is 6.20. The van der Waals surface area contributed by atoms with Crippen molar-refractivity contribution in [1.29, 1.82) is 0 Å². The summed E-state index contributed by atoms with van der Waals surface area (Å²) < 4.78 is 53.0. The van der Waals surface area contributed by atoms with E-state index in [1.807, 2.05) is 0 Å². The summed E-state index contributed by atoms with van der Waals surface area (Å²) in [5, 5.41) is 2.34. The van der Waals surface area contributed by atoms with E-state index in [9.17, 15) is 22.4 Å². The number of nitrogens with one attached hydrogen (secondary N) is 1. The highest BCUT2D eigenvalue weighted by atomic mass is 32.1. The zero-order valence-corrected chi connectivity index (χ0v) is 11.4. The molecule has 1 amide bonds. The Hall–Kier alpha value is -1.74. The average molecular weight is 324 g/mol. The lowest BCUT2D eigenvalue weighted by Gasteiger charge is -2.15. The summed E-state index contributed by atoms with van der Waals surface area (Å²) in [5.74, 6) is -5.05. The molecule has 116 valence electrons. The maximum absolute atomic E-state index is 12.5. The molecule has 0 saturated carbocycles. The smallest absolute Gasteiger partial charge is 0.330 e. The summed E-state index contributed by atoms with van der Waals surface area (Å²) >= 11 is 4.76. The number of carbonyl (C=O) groups is 1. The molecular weight excluding hydrogens is 312 g/mol. The van der Waals surface area contributed by atoms with Crippen molar-refractivity contribution < 1.29 is 27.1 Å². The van der Waals surface area contributed by atoms with Gasteiger partial charge >= 0.3 is 12.3 Å². The van der Waals surface area contributed by atoms with E-state index in [4.69, 9.17) is 18.0 Å². The van der Waals surface area contributed by atoms with Crippen LogP contribution in [0.15, 0.2) is 24.3 Å². The monoisotopic (exact) mass is 324 g/mol. The number of ether oxygens (including phenoxy) is 1. The van der Waals surface area contributed by atoms with Gasteiger partial charge in [-0.15, -0.1) is 0 Å². The van der Waals surface area contributed by atoms with Crippen molar-refractivity contribution >= 4 is 28.8 Å². The molecule has 21 heavy (non-hydrogen) atoms. The van der Waals surface area contributed by atoms with Gasteiger partial charge in [0.25, 0.3) is 0 Å². The lowest BCUT2D eigenvalue weighted by atomic mass is 10.2. The molecule has 0 fully saturated rings. The fourth-order valence-electron chi connectivity index (χ4n) is 1.29. The number of hydrogen-bond donors (Lipinski definition) is 2. The minimum absolute atomic E-state index is 0.124. The second kappa shape index (κ2) is 7.32. The second-order valence-electron chi connectivity index (χ2n) is 4.05. The Kier molecular flexibility index (Phi) is 6.03. The fraction of sp³-hybridized carbons (Fsp3) is 0.333. The molecule has 0 spiro atoms. The number of alkyl halides is 4. The van der Waals surface area contributed by atoms with Crippen molar-refractivity contribution in [3.8, 4) is 0 Å². The van der Waals surface area contributed by atoms with Gasteiger partial charge in [-0.25, -0.2) is 8.78 Å². The molecular formula is C12H12F4N2O2S. The quantitative estimate of drug-likeness (QED) is 0.596. The number of rotatable bonds is 7. The number of halogens is 4. The first kappa shape index (κ1) is 17.3. The summed E-state index contributed by atoms with van der Waals surface area (Å²) in [6.45, 7) is -2.31. The molecule has 4 nitrogen and oxygen atoms in total. The number of hydrogen-bond acceptors (Lipinski definition) is 3. The van der Waals surface area contributed by atoms with Crippen LogP contribution in [-0.4, -0.2) is 36.5 Å². The van der Waals surface area contributed by atoms with Crippen LogP contribution >= 0.6 is 12.2 Å². The van der Waals surface area contributed by atoms with Crippen LogP contribution in [0.2, 0.25) is 0 Å². The zero-order chi connectivity index (χ0) is 16.0. The fourth-order valence-corrected chi connectivity index (χ4v) is 1.42. The van der Waals surface area contributed by atoms with Crippen molar-refractivity contribution in [3.63, 3.8) is 0 Å². The molecule has 1 rings (SSSR count). The molecule has 0 saturated heterocycles. The van der Waals surface area contributed by atoms with Gasteiger partial charge < -0.3 is 15.8 Å². The van der Waals surface area contributed by atoms with E-state index >= 15 is 0 Å². The molecule has 0 atom stereocenters. The molecule has 9 heteroatoms. The third-order valence-corrected chi connectivity index (χ3v) is 2.51. The maximum atomic E-state index is 12.5. The Bertz CT molecular complexity index is 526. The third-order valence-electron chi connectivity index (χ3n) is 2.28. The Morgan fingerprint density at radius 1 is 1.43 bits per heavy atom.